The van der Waals surface area contributed by atoms with E-state index < -0.39 is 0 Å². The van der Waals surface area contributed by atoms with Crippen LogP contribution in [0.5, 0.6) is 0 Å². The molecule has 1 aromatic heterocycles. The number of rotatable bonds is 8. The van der Waals surface area contributed by atoms with Gasteiger partial charge >= 0.3 is 0 Å². The van der Waals surface area contributed by atoms with Crippen molar-refractivity contribution in [3.63, 3.8) is 0 Å². The van der Waals surface area contributed by atoms with Gasteiger partial charge in [0.1, 0.15) is 0 Å². The van der Waals surface area contributed by atoms with Crippen LogP contribution in [0.15, 0.2) is 53.3 Å². The second kappa shape index (κ2) is 12.9. The third-order valence-corrected chi connectivity index (χ3v) is 7.59. The average molecular weight is 546 g/mol. The Hall–Kier alpha value is -2.45. The quantitative estimate of drug-likeness (QED) is 0.462. The molecule has 1 N–H and O–H groups in total. The van der Waals surface area contributed by atoms with Crippen LogP contribution in [0.25, 0.3) is 10.8 Å². The SMILES string of the molecule is Cl.O=C(NCCN1CCC[C@@H]1Cn1nc(Cc2ccc(Cl)cc2)c2ccccc2c1=O)C1CCCOC1. The number of carbonyl (C=O) groups is 1. The molecule has 1 unspecified atom stereocenters. The van der Waals surface area contributed by atoms with Gasteiger partial charge in [0.25, 0.3) is 5.56 Å². The Balaban J connectivity index is 0.00000320. The van der Waals surface area contributed by atoms with Crippen LogP contribution in [-0.4, -0.2) is 59.5 Å². The minimum Gasteiger partial charge on any atom is -0.381 e. The van der Waals surface area contributed by atoms with E-state index in [0.29, 0.717) is 36.5 Å². The molecular weight excluding hydrogens is 511 g/mol. The maximum absolute atomic E-state index is 13.3. The minimum atomic E-state index is -0.0529. The maximum Gasteiger partial charge on any atom is 0.274 e. The second-order valence-corrected chi connectivity index (χ2v) is 10.3. The molecule has 3 aromatic rings. The van der Waals surface area contributed by atoms with Crippen LogP contribution in [0.2, 0.25) is 5.02 Å². The monoisotopic (exact) mass is 544 g/mol. The highest BCUT2D eigenvalue weighted by atomic mass is 35.5. The zero-order valence-electron chi connectivity index (χ0n) is 20.9. The molecule has 2 atom stereocenters. The maximum atomic E-state index is 13.3. The summed E-state index contributed by atoms with van der Waals surface area (Å²) >= 11 is 6.06. The number of fused-ring (bicyclic) bond motifs is 1. The Morgan fingerprint density at radius 2 is 1.86 bits per heavy atom. The third kappa shape index (κ3) is 6.71. The van der Waals surface area contributed by atoms with Gasteiger partial charge in [-0.3, -0.25) is 14.5 Å². The molecule has 2 aliphatic rings. The Morgan fingerprint density at radius 3 is 2.62 bits per heavy atom. The van der Waals surface area contributed by atoms with Gasteiger partial charge in [0, 0.05) is 42.6 Å². The number of benzene rings is 2. The van der Waals surface area contributed by atoms with Crippen molar-refractivity contribution < 1.29 is 9.53 Å². The van der Waals surface area contributed by atoms with Crippen molar-refractivity contribution in [1.82, 2.24) is 20.0 Å². The number of aromatic nitrogens is 2. The summed E-state index contributed by atoms with van der Waals surface area (Å²) < 4.78 is 7.09. The van der Waals surface area contributed by atoms with Crippen molar-refractivity contribution in [2.24, 2.45) is 5.92 Å². The largest absolute Gasteiger partial charge is 0.381 e. The lowest BCUT2D eigenvalue weighted by atomic mass is 10.0. The Morgan fingerprint density at radius 1 is 1.08 bits per heavy atom. The molecule has 0 bridgehead atoms. The highest BCUT2D eigenvalue weighted by Gasteiger charge is 2.27. The molecule has 0 aliphatic carbocycles. The standard InChI is InChI=1S/C28H33ClN4O3.ClH/c29-22-11-9-20(10-12-22)17-26-24-7-1-2-8-25(24)28(35)33(31-26)18-23-6-3-14-32(23)15-13-30-27(34)21-5-4-16-36-19-21;/h1-2,7-12,21,23H,3-6,13-19H2,(H,30,34);1H/t21?,23-;/m1./s1. The van der Waals surface area contributed by atoms with E-state index in [2.05, 4.69) is 10.2 Å². The van der Waals surface area contributed by atoms with Crippen molar-refractivity contribution in [1.29, 1.82) is 0 Å². The zero-order valence-corrected chi connectivity index (χ0v) is 22.5. The number of likely N-dealkylation sites (tertiary alicyclic amines) is 1. The van der Waals surface area contributed by atoms with Crippen molar-refractivity contribution in [2.75, 3.05) is 32.8 Å². The predicted octanol–water partition coefficient (Wildman–Crippen LogP) is 4.07. The highest BCUT2D eigenvalue weighted by Crippen LogP contribution is 2.21. The lowest BCUT2D eigenvalue weighted by molar-refractivity contribution is -0.129. The van der Waals surface area contributed by atoms with E-state index in [-0.39, 0.29) is 35.8 Å². The highest BCUT2D eigenvalue weighted by molar-refractivity contribution is 6.30. The van der Waals surface area contributed by atoms with Gasteiger partial charge in [-0.15, -0.1) is 12.4 Å². The van der Waals surface area contributed by atoms with Gasteiger partial charge < -0.3 is 10.1 Å². The summed E-state index contributed by atoms with van der Waals surface area (Å²) in [5.41, 5.74) is 1.94. The molecule has 2 saturated heterocycles. The number of carbonyl (C=O) groups excluding carboxylic acids is 1. The smallest absolute Gasteiger partial charge is 0.274 e. The average Bonchev–Trinajstić information content (AvgIpc) is 3.35. The van der Waals surface area contributed by atoms with Gasteiger partial charge in [0.2, 0.25) is 5.91 Å². The van der Waals surface area contributed by atoms with Crippen LogP contribution >= 0.6 is 24.0 Å². The fourth-order valence-electron chi connectivity index (χ4n) is 5.37. The van der Waals surface area contributed by atoms with Gasteiger partial charge in [-0.2, -0.15) is 5.10 Å². The topological polar surface area (TPSA) is 76.5 Å². The lowest BCUT2D eigenvalue weighted by Gasteiger charge is -2.26. The van der Waals surface area contributed by atoms with Gasteiger partial charge in [-0.05, 0) is 56.0 Å². The van der Waals surface area contributed by atoms with Crippen molar-refractivity contribution in [3.8, 4) is 0 Å². The van der Waals surface area contributed by atoms with Crippen LogP contribution in [0.3, 0.4) is 0 Å². The first kappa shape index (κ1) is 27.6. The van der Waals surface area contributed by atoms with Gasteiger partial charge in [0.15, 0.2) is 0 Å². The molecule has 2 fully saturated rings. The molecule has 0 saturated carbocycles. The van der Waals surface area contributed by atoms with Gasteiger partial charge in [0.05, 0.1) is 30.1 Å². The van der Waals surface area contributed by atoms with Crippen molar-refractivity contribution in [2.45, 2.75) is 44.7 Å². The van der Waals surface area contributed by atoms with Crippen LogP contribution in [0.1, 0.15) is 36.9 Å². The number of nitrogens with one attached hydrogen (secondary N) is 1. The number of nitrogens with zero attached hydrogens (tertiary/aromatic N) is 3. The van der Waals surface area contributed by atoms with Gasteiger partial charge in [-0.25, -0.2) is 4.68 Å². The molecule has 1 amide bonds. The van der Waals surface area contributed by atoms with E-state index in [1.807, 2.05) is 48.5 Å². The second-order valence-electron chi connectivity index (χ2n) is 9.82. The molecule has 198 valence electrons. The van der Waals surface area contributed by atoms with Crippen LogP contribution in [0, 0.1) is 5.92 Å². The van der Waals surface area contributed by atoms with Crippen LogP contribution in [-0.2, 0) is 22.5 Å². The zero-order chi connectivity index (χ0) is 24.9. The summed E-state index contributed by atoms with van der Waals surface area (Å²) in [4.78, 5) is 28.2. The number of ether oxygens (including phenoxy) is 1. The number of halogens is 2. The fourth-order valence-corrected chi connectivity index (χ4v) is 5.49. The van der Waals surface area contributed by atoms with Crippen molar-refractivity contribution >= 4 is 40.7 Å². The van der Waals surface area contributed by atoms with Crippen LogP contribution < -0.4 is 10.9 Å². The summed E-state index contributed by atoms with van der Waals surface area (Å²) in [5.74, 6) is 0.0530. The van der Waals surface area contributed by atoms with E-state index in [4.69, 9.17) is 21.4 Å². The minimum absolute atomic E-state index is 0. The molecule has 2 aromatic carbocycles. The summed E-state index contributed by atoms with van der Waals surface area (Å²) in [6, 6.07) is 15.7. The molecule has 2 aliphatic heterocycles. The van der Waals surface area contributed by atoms with E-state index in [0.717, 1.165) is 62.0 Å². The normalized spacial score (nSPS) is 20.0. The summed E-state index contributed by atoms with van der Waals surface area (Å²) in [5, 5.41) is 10.2. The number of amides is 1. The first-order chi connectivity index (χ1) is 17.6. The predicted molar refractivity (Wildman–Crippen MR) is 149 cm³/mol. The molecule has 0 spiro atoms. The van der Waals surface area contributed by atoms with E-state index in [9.17, 15) is 9.59 Å². The fraction of sp³-hybridized carbons (Fsp3) is 0.464. The van der Waals surface area contributed by atoms with E-state index >= 15 is 0 Å². The Labute approximate surface area is 228 Å². The molecule has 0 radical (unpaired) electrons. The van der Waals surface area contributed by atoms with Gasteiger partial charge in [-0.1, -0.05) is 41.9 Å². The first-order valence-corrected chi connectivity index (χ1v) is 13.3. The van der Waals surface area contributed by atoms with E-state index in [1.54, 1.807) is 4.68 Å². The van der Waals surface area contributed by atoms with Crippen molar-refractivity contribution in [3.05, 3.63) is 75.2 Å². The molecule has 9 heteroatoms. The third-order valence-electron chi connectivity index (χ3n) is 7.34. The first-order valence-electron chi connectivity index (χ1n) is 12.9. The Bertz CT molecular complexity index is 1260. The lowest BCUT2D eigenvalue weighted by Crippen LogP contribution is -2.43. The summed E-state index contributed by atoms with van der Waals surface area (Å²) in [6.07, 6.45) is 4.56. The molecular formula is C28H34Cl2N4O3. The Kier molecular flexibility index (Phi) is 9.60. The summed E-state index contributed by atoms with van der Waals surface area (Å²) in [7, 11) is 0. The van der Waals surface area contributed by atoms with Crippen LogP contribution in [0.4, 0.5) is 0 Å². The molecule has 3 heterocycles. The molecule has 7 nitrogen and oxygen atoms in total. The number of hydrogen-bond donors (Lipinski definition) is 1. The van der Waals surface area contributed by atoms with E-state index in [1.165, 1.54) is 0 Å². The number of hydrogen-bond acceptors (Lipinski definition) is 5. The summed E-state index contributed by atoms with van der Waals surface area (Å²) in [6.45, 7) is 4.16. The molecule has 5 rings (SSSR count). The molecule has 37 heavy (non-hydrogen) atoms.